The van der Waals surface area contributed by atoms with Gasteiger partial charge in [0.15, 0.2) is 0 Å². The van der Waals surface area contributed by atoms with E-state index < -0.39 is 0 Å². The van der Waals surface area contributed by atoms with Gasteiger partial charge in [0.2, 0.25) is 0 Å². The predicted octanol–water partition coefficient (Wildman–Crippen LogP) is 5.49. The van der Waals surface area contributed by atoms with Gasteiger partial charge in [0.25, 0.3) is 5.69 Å². The predicted molar refractivity (Wildman–Crippen MR) is 99.7 cm³/mol. The third-order valence-electron chi connectivity index (χ3n) is 4.43. The highest BCUT2D eigenvalue weighted by Gasteiger charge is 2.09. The molecule has 0 saturated carbocycles. The minimum atomic E-state index is -0.376. The molecule has 4 heteroatoms. The SMILES string of the molecule is Cc1cn2cc(-c3ccccc3)cc2cc1-c1ccc([N+](=O)[O-])cc1. The van der Waals surface area contributed by atoms with Gasteiger partial charge >= 0.3 is 0 Å². The first-order valence-corrected chi connectivity index (χ1v) is 8.04. The number of nitro groups is 1. The third kappa shape index (κ3) is 2.78. The summed E-state index contributed by atoms with van der Waals surface area (Å²) in [6.07, 6.45) is 4.22. The second-order valence-corrected chi connectivity index (χ2v) is 6.10. The molecule has 0 radical (unpaired) electrons. The molecule has 4 nitrogen and oxygen atoms in total. The number of aryl methyl sites for hydroxylation is 1. The first-order valence-electron chi connectivity index (χ1n) is 8.04. The van der Waals surface area contributed by atoms with Crippen molar-refractivity contribution in [3.8, 4) is 22.3 Å². The highest BCUT2D eigenvalue weighted by Crippen LogP contribution is 2.29. The molecule has 0 fully saturated rings. The van der Waals surface area contributed by atoms with Gasteiger partial charge in [0.1, 0.15) is 0 Å². The molecule has 0 spiro atoms. The quantitative estimate of drug-likeness (QED) is 0.369. The summed E-state index contributed by atoms with van der Waals surface area (Å²) >= 11 is 0. The van der Waals surface area contributed by atoms with Gasteiger partial charge in [0, 0.05) is 35.6 Å². The lowest BCUT2D eigenvalue weighted by atomic mass is 10.0. The molecular weight excluding hydrogens is 312 g/mol. The van der Waals surface area contributed by atoms with Crippen LogP contribution in [-0.2, 0) is 0 Å². The molecule has 0 N–H and O–H groups in total. The Morgan fingerprint density at radius 1 is 0.840 bits per heavy atom. The van der Waals surface area contributed by atoms with Gasteiger partial charge in [-0.3, -0.25) is 10.1 Å². The zero-order valence-corrected chi connectivity index (χ0v) is 13.7. The van der Waals surface area contributed by atoms with Gasteiger partial charge in [-0.2, -0.15) is 0 Å². The number of aromatic nitrogens is 1. The molecule has 2 aromatic heterocycles. The third-order valence-corrected chi connectivity index (χ3v) is 4.43. The number of rotatable bonds is 3. The van der Waals surface area contributed by atoms with Crippen LogP contribution >= 0.6 is 0 Å². The van der Waals surface area contributed by atoms with E-state index in [4.69, 9.17) is 0 Å². The zero-order chi connectivity index (χ0) is 17.4. The molecule has 4 aromatic rings. The van der Waals surface area contributed by atoms with Crippen LogP contribution in [0.15, 0.2) is 79.1 Å². The summed E-state index contributed by atoms with van der Waals surface area (Å²) < 4.78 is 2.12. The maximum Gasteiger partial charge on any atom is 0.269 e. The molecule has 0 saturated heterocycles. The fraction of sp³-hybridized carbons (Fsp3) is 0.0476. The Hall–Kier alpha value is -3.40. The normalized spacial score (nSPS) is 10.9. The monoisotopic (exact) mass is 328 g/mol. The lowest BCUT2D eigenvalue weighted by Gasteiger charge is -2.07. The standard InChI is InChI=1S/C21H16N2O2/c1-15-13-22-14-18(16-5-3-2-4-6-16)11-20(22)12-21(15)17-7-9-19(10-8-17)23(24)25/h2-14H,1H3. The van der Waals surface area contributed by atoms with Crippen molar-refractivity contribution >= 4 is 11.2 Å². The highest BCUT2D eigenvalue weighted by atomic mass is 16.6. The van der Waals surface area contributed by atoms with Crippen molar-refractivity contribution in [1.29, 1.82) is 0 Å². The fourth-order valence-corrected chi connectivity index (χ4v) is 3.13. The molecule has 4 rings (SSSR count). The van der Waals surface area contributed by atoms with Crippen molar-refractivity contribution in [1.82, 2.24) is 4.40 Å². The van der Waals surface area contributed by atoms with Crippen molar-refractivity contribution in [2.24, 2.45) is 0 Å². The molecule has 25 heavy (non-hydrogen) atoms. The summed E-state index contributed by atoms with van der Waals surface area (Å²) in [6, 6.07) is 21.3. The number of non-ortho nitro benzene ring substituents is 1. The smallest absolute Gasteiger partial charge is 0.269 e. The summed E-state index contributed by atoms with van der Waals surface area (Å²) in [5.74, 6) is 0. The van der Waals surface area contributed by atoms with Crippen LogP contribution < -0.4 is 0 Å². The summed E-state index contributed by atoms with van der Waals surface area (Å²) in [5.41, 5.74) is 6.74. The van der Waals surface area contributed by atoms with Gasteiger partial charge < -0.3 is 4.40 Å². The molecule has 2 heterocycles. The maximum absolute atomic E-state index is 10.8. The van der Waals surface area contributed by atoms with Gasteiger partial charge in [0.05, 0.1) is 4.92 Å². The minimum absolute atomic E-state index is 0.108. The second-order valence-electron chi connectivity index (χ2n) is 6.10. The largest absolute Gasteiger partial charge is 0.323 e. The summed E-state index contributed by atoms with van der Waals surface area (Å²) in [6.45, 7) is 2.05. The van der Waals surface area contributed by atoms with Gasteiger partial charge in [-0.05, 0) is 53.4 Å². The first-order chi connectivity index (χ1) is 12.1. The number of hydrogen-bond acceptors (Lipinski definition) is 2. The molecule has 0 unspecified atom stereocenters. The Kier molecular flexibility index (Phi) is 3.58. The van der Waals surface area contributed by atoms with E-state index in [1.165, 1.54) is 11.1 Å². The average molecular weight is 328 g/mol. The minimum Gasteiger partial charge on any atom is -0.323 e. The topological polar surface area (TPSA) is 47.5 Å². The maximum atomic E-state index is 10.8. The number of hydrogen-bond donors (Lipinski definition) is 0. The molecule has 0 bridgehead atoms. The number of nitro benzene ring substituents is 1. The number of benzene rings is 2. The van der Waals surface area contributed by atoms with Crippen molar-refractivity contribution < 1.29 is 4.92 Å². The van der Waals surface area contributed by atoms with E-state index in [0.29, 0.717) is 0 Å². The van der Waals surface area contributed by atoms with E-state index in [1.807, 2.05) is 18.2 Å². The van der Waals surface area contributed by atoms with Crippen molar-refractivity contribution in [3.05, 3.63) is 94.8 Å². The Bertz CT molecular complexity index is 1060. The Balaban J connectivity index is 1.80. The molecule has 0 atom stereocenters. The van der Waals surface area contributed by atoms with Crippen LogP contribution in [0.25, 0.3) is 27.8 Å². The lowest BCUT2D eigenvalue weighted by molar-refractivity contribution is -0.384. The summed E-state index contributed by atoms with van der Waals surface area (Å²) in [5, 5.41) is 10.8. The summed E-state index contributed by atoms with van der Waals surface area (Å²) in [7, 11) is 0. The lowest BCUT2D eigenvalue weighted by Crippen LogP contribution is -1.90. The number of fused-ring (bicyclic) bond motifs is 1. The van der Waals surface area contributed by atoms with Crippen molar-refractivity contribution in [2.45, 2.75) is 6.92 Å². The van der Waals surface area contributed by atoms with Crippen molar-refractivity contribution in [2.75, 3.05) is 0 Å². The van der Waals surface area contributed by atoms with Gasteiger partial charge in [-0.1, -0.05) is 30.3 Å². The molecule has 122 valence electrons. The molecule has 2 aromatic carbocycles. The number of nitrogens with zero attached hydrogens (tertiary/aromatic N) is 2. The Morgan fingerprint density at radius 2 is 1.56 bits per heavy atom. The van der Waals surface area contributed by atoms with E-state index in [1.54, 1.807) is 24.3 Å². The van der Waals surface area contributed by atoms with Crippen LogP contribution in [0.5, 0.6) is 0 Å². The van der Waals surface area contributed by atoms with E-state index in [9.17, 15) is 10.1 Å². The van der Waals surface area contributed by atoms with Crippen LogP contribution in [0, 0.1) is 17.0 Å². The van der Waals surface area contributed by atoms with Crippen LogP contribution in [0.2, 0.25) is 0 Å². The van der Waals surface area contributed by atoms with Crippen molar-refractivity contribution in [3.63, 3.8) is 0 Å². The average Bonchev–Trinajstić information content (AvgIpc) is 3.04. The highest BCUT2D eigenvalue weighted by molar-refractivity contribution is 5.77. The van der Waals surface area contributed by atoms with E-state index in [2.05, 4.69) is 48.0 Å². The zero-order valence-electron chi connectivity index (χ0n) is 13.7. The Labute approximate surface area is 145 Å². The van der Waals surface area contributed by atoms with Crippen LogP contribution in [0.1, 0.15) is 5.56 Å². The van der Waals surface area contributed by atoms with E-state index >= 15 is 0 Å². The van der Waals surface area contributed by atoms with Gasteiger partial charge in [-0.15, -0.1) is 0 Å². The summed E-state index contributed by atoms with van der Waals surface area (Å²) in [4.78, 5) is 10.5. The molecule has 0 aliphatic heterocycles. The molecule has 0 aliphatic carbocycles. The van der Waals surface area contributed by atoms with Crippen LogP contribution in [-0.4, -0.2) is 9.32 Å². The Morgan fingerprint density at radius 3 is 2.24 bits per heavy atom. The second kappa shape index (κ2) is 5.91. The number of pyridine rings is 1. The first kappa shape index (κ1) is 15.1. The van der Waals surface area contributed by atoms with Crippen LogP contribution in [0.3, 0.4) is 0 Å². The fourth-order valence-electron chi connectivity index (χ4n) is 3.13. The molecular formula is C21H16N2O2. The van der Waals surface area contributed by atoms with Gasteiger partial charge in [-0.25, -0.2) is 0 Å². The molecule has 0 aliphatic rings. The van der Waals surface area contributed by atoms with Crippen LogP contribution in [0.4, 0.5) is 5.69 Å². The van der Waals surface area contributed by atoms with E-state index in [-0.39, 0.29) is 10.6 Å². The molecule has 0 amide bonds. The van der Waals surface area contributed by atoms with E-state index in [0.717, 1.165) is 22.2 Å².